The first-order valence-electron chi connectivity index (χ1n) is 8.00. The third kappa shape index (κ3) is 4.32. The van der Waals surface area contributed by atoms with E-state index < -0.39 is 11.4 Å². The van der Waals surface area contributed by atoms with Gasteiger partial charge < -0.3 is 14.2 Å². The van der Waals surface area contributed by atoms with E-state index >= 15 is 0 Å². The molecule has 1 saturated heterocycles. The van der Waals surface area contributed by atoms with E-state index in [1.54, 1.807) is 12.1 Å². The second-order valence-corrected chi connectivity index (χ2v) is 5.77. The fourth-order valence-electron chi connectivity index (χ4n) is 2.32. The lowest BCUT2D eigenvalue weighted by Crippen LogP contribution is -2.48. The van der Waals surface area contributed by atoms with Crippen LogP contribution in [0.3, 0.4) is 0 Å². The highest BCUT2D eigenvalue weighted by Crippen LogP contribution is 2.28. The number of esters is 1. The fourth-order valence-corrected chi connectivity index (χ4v) is 2.32. The molecule has 6 nitrogen and oxygen atoms in total. The molecule has 1 aliphatic rings. The predicted octanol–water partition coefficient (Wildman–Crippen LogP) is 2.93. The Bertz CT molecular complexity index is 634. The van der Waals surface area contributed by atoms with E-state index in [1.807, 2.05) is 12.1 Å². The first-order chi connectivity index (χ1) is 11.6. The third-order valence-corrected chi connectivity index (χ3v) is 3.87. The van der Waals surface area contributed by atoms with E-state index in [2.05, 4.69) is 6.92 Å². The van der Waals surface area contributed by atoms with Crippen LogP contribution in [0.25, 0.3) is 0 Å². The molecule has 0 saturated carbocycles. The van der Waals surface area contributed by atoms with E-state index in [9.17, 15) is 10.1 Å². The van der Waals surface area contributed by atoms with Crippen molar-refractivity contribution in [3.63, 3.8) is 0 Å². The van der Waals surface area contributed by atoms with Crippen molar-refractivity contribution in [3.8, 4) is 17.9 Å². The summed E-state index contributed by atoms with van der Waals surface area (Å²) in [4.78, 5) is 12.4. The largest absolute Gasteiger partial charge is 0.425 e. The molecular formula is C18H20N2O4. The Morgan fingerprint density at radius 1 is 1.25 bits per heavy atom. The van der Waals surface area contributed by atoms with Gasteiger partial charge in [-0.15, -0.1) is 0 Å². The van der Waals surface area contributed by atoms with E-state index in [4.69, 9.17) is 19.5 Å². The van der Waals surface area contributed by atoms with Crippen LogP contribution < -0.4 is 4.74 Å². The maximum absolute atomic E-state index is 12.4. The highest BCUT2D eigenvalue weighted by Gasteiger charge is 2.46. The molecule has 2 rings (SSSR count). The summed E-state index contributed by atoms with van der Waals surface area (Å²) in [5.41, 5.74) is -1.00. The lowest BCUT2D eigenvalue weighted by atomic mass is 9.91. The number of ether oxygens (including phenoxy) is 3. The summed E-state index contributed by atoms with van der Waals surface area (Å²) >= 11 is 0. The molecule has 0 radical (unpaired) electrons. The highest BCUT2D eigenvalue weighted by molar-refractivity contribution is 5.82. The number of nitrogens with zero attached hydrogens (tertiary/aromatic N) is 2. The average Bonchev–Trinajstić information content (AvgIpc) is 2.63. The lowest BCUT2D eigenvalue weighted by molar-refractivity contribution is -0.223. The number of unbranched alkanes of at least 4 members (excludes halogenated alkanes) is 2. The van der Waals surface area contributed by atoms with Crippen LogP contribution in [0.5, 0.6) is 5.75 Å². The van der Waals surface area contributed by atoms with Gasteiger partial charge in [0, 0.05) is 0 Å². The molecule has 126 valence electrons. The van der Waals surface area contributed by atoms with Gasteiger partial charge in [-0.3, -0.25) is 0 Å². The van der Waals surface area contributed by atoms with Gasteiger partial charge in [-0.05, 0) is 37.1 Å². The van der Waals surface area contributed by atoms with Gasteiger partial charge in [-0.25, -0.2) is 4.79 Å². The van der Waals surface area contributed by atoms with E-state index in [1.165, 1.54) is 12.1 Å². The molecule has 1 heterocycles. The number of benzene rings is 1. The zero-order chi connectivity index (χ0) is 17.4. The number of carbonyl (C=O) groups excluding carboxylic acids is 1. The van der Waals surface area contributed by atoms with Gasteiger partial charge >= 0.3 is 5.97 Å². The van der Waals surface area contributed by atoms with Crippen LogP contribution in [0.2, 0.25) is 0 Å². The molecule has 1 fully saturated rings. The molecule has 1 aliphatic heterocycles. The van der Waals surface area contributed by atoms with Crippen LogP contribution in [0.1, 0.15) is 38.2 Å². The number of nitriles is 2. The molecule has 6 heteroatoms. The standard InChI is InChI=1S/C18H20N2O4/c1-2-3-4-5-16-22-12-18(11-20,13-23-16)17(21)24-15-8-6-14(10-19)7-9-15/h6-9,16H,2-5,12-13H2,1H3/t16-,18+. The Morgan fingerprint density at radius 2 is 1.92 bits per heavy atom. The molecule has 1 aromatic carbocycles. The zero-order valence-corrected chi connectivity index (χ0v) is 13.7. The minimum Gasteiger partial charge on any atom is -0.425 e. The number of hydrogen-bond donors (Lipinski definition) is 0. The van der Waals surface area contributed by atoms with Crippen LogP contribution >= 0.6 is 0 Å². The quantitative estimate of drug-likeness (QED) is 0.453. The molecule has 0 unspecified atom stereocenters. The van der Waals surface area contributed by atoms with Crippen molar-refractivity contribution in [2.75, 3.05) is 13.2 Å². The highest BCUT2D eigenvalue weighted by atomic mass is 16.7. The Hall–Kier alpha value is -2.41. The van der Waals surface area contributed by atoms with Gasteiger partial charge in [-0.2, -0.15) is 10.5 Å². The summed E-state index contributed by atoms with van der Waals surface area (Å²) in [6.45, 7) is 2.02. The number of hydrogen-bond acceptors (Lipinski definition) is 6. The first-order valence-corrected chi connectivity index (χ1v) is 8.00. The minimum absolute atomic E-state index is 0.0462. The molecule has 0 amide bonds. The van der Waals surface area contributed by atoms with Gasteiger partial charge in [0.05, 0.1) is 30.9 Å². The molecular weight excluding hydrogens is 308 g/mol. The van der Waals surface area contributed by atoms with E-state index in [-0.39, 0.29) is 25.3 Å². The second kappa shape index (κ2) is 8.44. The zero-order valence-electron chi connectivity index (χ0n) is 13.7. The number of rotatable bonds is 6. The SMILES string of the molecule is CCCCC[C@H]1OC[C@@](C#N)(C(=O)Oc2ccc(C#N)cc2)CO1. The van der Waals surface area contributed by atoms with Crippen molar-refractivity contribution in [1.29, 1.82) is 10.5 Å². The fraction of sp³-hybridized carbons (Fsp3) is 0.500. The van der Waals surface area contributed by atoms with Gasteiger partial charge in [0.25, 0.3) is 0 Å². The van der Waals surface area contributed by atoms with Crippen LogP contribution in [0.4, 0.5) is 0 Å². The topological polar surface area (TPSA) is 92.3 Å². The average molecular weight is 328 g/mol. The predicted molar refractivity (Wildman–Crippen MR) is 84.7 cm³/mol. The summed E-state index contributed by atoms with van der Waals surface area (Å²) in [6, 6.07) is 10.1. The van der Waals surface area contributed by atoms with Crippen LogP contribution in [0, 0.1) is 28.1 Å². The van der Waals surface area contributed by atoms with Crippen molar-refractivity contribution in [1.82, 2.24) is 0 Å². The van der Waals surface area contributed by atoms with Crippen LogP contribution in [-0.2, 0) is 14.3 Å². The van der Waals surface area contributed by atoms with Crippen molar-refractivity contribution in [2.45, 2.75) is 38.9 Å². The lowest BCUT2D eigenvalue weighted by Gasteiger charge is -2.33. The molecule has 1 aromatic rings. The normalized spacial score (nSPS) is 23.0. The monoisotopic (exact) mass is 328 g/mol. The maximum atomic E-state index is 12.4. The summed E-state index contributed by atoms with van der Waals surface area (Å²) < 4.78 is 16.3. The molecule has 0 atom stereocenters. The Labute approximate surface area is 141 Å². The maximum Gasteiger partial charge on any atom is 0.336 e. The van der Waals surface area contributed by atoms with Gasteiger partial charge in [0.2, 0.25) is 5.41 Å². The molecule has 0 bridgehead atoms. The third-order valence-electron chi connectivity index (χ3n) is 3.87. The summed E-state index contributed by atoms with van der Waals surface area (Å²) in [7, 11) is 0. The van der Waals surface area contributed by atoms with Gasteiger partial charge in [0.15, 0.2) is 6.29 Å². The molecule has 0 aromatic heterocycles. The van der Waals surface area contributed by atoms with Crippen LogP contribution in [0.15, 0.2) is 24.3 Å². The smallest absolute Gasteiger partial charge is 0.336 e. The molecule has 0 N–H and O–H groups in total. The summed E-state index contributed by atoms with van der Waals surface area (Å²) in [5, 5.41) is 18.2. The Kier molecular flexibility index (Phi) is 6.31. The summed E-state index contributed by atoms with van der Waals surface area (Å²) in [5.74, 6) is -0.430. The minimum atomic E-state index is -1.46. The summed E-state index contributed by atoms with van der Waals surface area (Å²) in [6.07, 6.45) is 3.55. The van der Waals surface area contributed by atoms with Crippen molar-refractivity contribution in [3.05, 3.63) is 29.8 Å². The van der Waals surface area contributed by atoms with Crippen LogP contribution in [-0.4, -0.2) is 25.5 Å². The van der Waals surface area contributed by atoms with Crippen molar-refractivity contribution in [2.24, 2.45) is 5.41 Å². The van der Waals surface area contributed by atoms with Gasteiger partial charge in [-0.1, -0.05) is 19.8 Å². The first kappa shape index (κ1) is 17.9. The van der Waals surface area contributed by atoms with Gasteiger partial charge in [0.1, 0.15) is 5.75 Å². The molecule has 0 aliphatic carbocycles. The number of carbonyl (C=O) groups is 1. The second-order valence-electron chi connectivity index (χ2n) is 5.77. The van der Waals surface area contributed by atoms with Crippen molar-refractivity contribution >= 4 is 5.97 Å². The van der Waals surface area contributed by atoms with E-state index in [0.29, 0.717) is 5.56 Å². The van der Waals surface area contributed by atoms with E-state index in [0.717, 1.165) is 25.7 Å². The Morgan fingerprint density at radius 3 is 2.46 bits per heavy atom. The molecule has 24 heavy (non-hydrogen) atoms. The molecule has 0 spiro atoms. The Balaban J connectivity index is 1.94. The van der Waals surface area contributed by atoms with Crippen molar-refractivity contribution < 1.29 is 19.0 Å².